The molecule has 2 rings (SSSR count). The molecule has 0 unspecified atom stereocenters. The van der Waals surface area contributed by atoms with Gasteiger partial charge in [0.2, 0.25) is 0 Å². The summed E-state index contributed by atoms with van der Waals surface area (Å²) in [4.78, 5) is 11.8. The number of carbonyl (C=O) groups excluding carboxylic acids is 1. The predicted molar refractivity (Wildman–Crippen MR) is 84.3 cm³/mol. The molecule has 112 valence electrons. The first-order valence-electron chi connectivity index (χ1n) is 6.28. The van der Waals surface area contributed by atoms with Crippen molar-refractivity contribution in [2.24, 2.45) is 14.1 Å². The van der Waals surface area contributed by atoms with Gasteiger partial charge in [-0.1, -0.05) is 29.9 Å². The summed E-state index contributed by atoms with van der Waals surface area (Å²) in [6.07, 6.45) is 0. The Kier molecular flexibility index (Phi) is 4.20. The van der Waals surface area contributed by atoms with Crippen LogP contribution in [0.25, 0.3) is 11.4 Å². The van der Waals surface area contributed by atoms with Crippen LogP contribution in [0.2, 0.25) is 5.02 Å². The van der Waals surface area contributed by atoms with E-state index in [9.17, 15) is 4.79 Å². The van der Waals surface area contributed by atoms with E-state index in [4.69, 9.17) is 28.6 Å². The first-order chi connectivity index (χ1) is 9.79. The summed E-state index contributed by atoms with van der Waals surface area (Å²) in [6.45, 7) is 3.92. The van der Waals surface area contributed by atoms with E-state index in [-0.39, 0.29) is 10.7 Å². The number of carbonyl (C=O) groups is 1. The standard InChI is InChI=1S/C14H16ClN3O2S/c1-7-6-8(2)13(21)17(3)11(7)10-9(15)12(14(19)20-5)18(4)16-10/h6H,1-5H3. The van der Waals surface area contributed by atoms with Crippen molar-refractivity contribution in [3.8, 4) is 11.4 Å². The maximum atomic E-state index is 11.8. The van der Waals surface area contributed by atoms with Crippen LogP contribution in [-0.4, -0.2) is 27.4 Å². The molecule has 2 heterocycles. The summed E-state index contributed by atoms with van der Waals surface area (Å²) in [5.74, 6) is -0.521. The van der Waals surface area contributed by atoms with Gasteiger partial charge in [0, 0.05) is 14.1 Å². The van der Waals surface area contributed by atoms with Gasteiger partial charge < -0.3 is 9.30 Å². The summed E-state index contributed by atoms with van der Waals surface area (Å²) in [5, 5.41) is 4.62. The third-order valence-corrected chi connectivity index (χ3v) is 4.33. The molecule has 0 fully saturated rings. The van der Waals surface area contributed by atoms with Crippen LogP contribution in [0.5, 0.6) is 0 Å². The molecular weight excluding hydrogens is 310 g/mol. The number of aryl methyl sites for hydroxylation is 3. The SMILES string of the molecule is COC(=O)c1c(Cl)c(-c2c(C)cc(C)c(=S)n2C)nn1C. The van der Waals surface area contributed by atoms with Crippen molar-refractivity contribution >= 4 is 29.8 Å². The van der Waals surface area contributed by atoms with E-state index in [1.807, 2.05) is 31.5 Å². The van der Waals surface area contributed by atoms with Crippen LogP contribution >= 0.6 is 23.8 Å². The fraction of sp³-hybridized carbons (Fsp3) is 0.357. The highest BCUT2D eigenvalue weighted by Gasteiger charge is 2.24. The number of aromatic nitrogens is 3. The molecule has 2 aromatic heterocycles. The summed E-state index contributed by atoms with van der Waals surface area (Å²) in [7, 11) is 4.82. The Morgan fingerprint density at radius 1 is 1.33 bits per heavy atom. The van der Waals surface area contributed by atoms with Gasteiger partial charge in [0.1, 0.15) is 15.4 Å². The number of halogens is 1. The molecule has 0 saturated carbocycles. The fourth-order valence-electron chi connectivity index (χ4n) is 2.40. The molecule has 0 spiro atoms. The van der Waals surface area contributed by atoms with E-state index >= 15 is 0 Å². The van der Waals surface area contributed by atoms with Crippen LogP contribution in [0.4, 0.5) is 0 Å². The molecule has 5 nitrogen and oxygen atoms in total. The number of hydrogen-bond acceptors (Lipinski definition) is 4. The monoisotopic (exact) mass is 325 g/mol. The maximum Gasteiger partial charge on any atom is 0.357 e. The topological polar surface area (TPSA) is 49.1 Å². The first kappa shape index (κ1) is 15.7. The Morgan fingerprint density at radius 3 is 2.52 bits per heavy atom. The van der Waals surface area contributed by atoms with Gasteiger partial charge in [-0.25, -0.2) is 4.79 Å². The Morgan fingerprint density at radius 2 is 1.95 bits per heavy atom. The van der Waals surface area contributed by atoms with Gasteiger partial charge in [0.25, 0.3) is 0 Å². The van der Waals surface area contributed by atoms with E-state index in [1.54, 1.807) is 7.05 Å². The Labute approximate surface area is 133 Å². The summed E-state index contributed by atoms with van der Waals surface area (Å²) >= 11 is 11.7. The van der Waals surface area contributed by atoms with Crippen molar-refractivity contribution in [1.82, 2.24) is 14.3 Å². The number of hydrogen-bond donors (Lipinski definition) is 0. The molecule has 0 aliphatic heterocycles. The maximum absolute atomic E-state index is 11.8. The zero-order valence-electron chi connectivity index (χ0n) is 12.5. The lowest BCUT2D eigenvalue weighted by Gasteiger charge is -2.12. The number of rotatable bonds is 2. The summed E-state index contributed by atoms with van der Waals surface area (Å²) in [5.41, 5.74) is 3.53. The Bertz CT molecular complexity index is 792. The van der Waals surface area contributed by atoms with Crippen LogP contribution < -0.4 is 0 Å². The second-order valence-corrected chi connectivity index (χ2v) is 5.61. The highest BCUT2D eigenvalue weighted by molar-refractivity contribution is 7.71. The minimum absolute atomic E-state index is 0.222. The second kappa shape index (κ2) is 5.61. The normalized spacial score (nSPS) is 10.8. The van der Waals surface area contributed by atoms with Crippen LogP contribution in [0.3, 0.4) is 0 Å². The van der Waals surface area contributed by atoms with Crippen molar-refractivity contribution in [3.05, 3.63) is 32.6 Å². The zero-order chi connectivity index (χ0) is 15.9. The molecule has 0 atom stereocenters. The predicted octanol–water partition coefficient (Wildman–Crippen LogP) is 3.21. The molecule has 0 N–H and O–H groups in total. The minimum Gasteiger partial charge on any atom is -0.464 e. The van der Waals surface area contributed by atoms with Crippen molar-refractivity contribution in [3.63, 3.8) is 0 Å². The van der Waals surface area contributed by atoms with Gasteiger partial charge in [0.15, 0.2) is 5.69 Å². The van der Waals surface area contributed by atoms with Crippen molar-refractivity contribution < 1.29 is 9.53 Å². The highest BCUT2D eigenvalue weighted by Crippen LogP contribution is 2.32. The van der Waals surface area contributed by atoms with Crippen molar-refractivity contribution in [2.75, 3.05) is 7.11 Å². The molecule has 0 amide bonds. The third kappa shape index (κ3) is 2.49. The number of ether oxygens (including phenoxy) is 1. The van der Waals surface area contributed by atoms with Crippen LogP contribution in [-0.2, 0) is 18.8 Å². The lowest BCUT2D eigenvalue weighted by atomic mass is 10.1. The smallest absolute Gasteiger partial charge is 0.357 e. The molecule has 7 heteroatoms. The Balaban J connectivity index is 2.79. The molecule has 0 aliphatic carbocycles. The van der Waals surface area contributed by atoms with E-state index in [2.05, 4.69) is 5.10 Å². The third-order valence-electron chi connectivity index (χ3n) is 3.38. The molecule has 0 aliphatic rings. The minimum atomic E-state index is -0.521. The number of pyridine rings is 1. The van der Waals surface area contributed by atoms with Gasteiger partial charge in [-0.05, 0) is 25.0 Å². The lowest BCUT2D eigenvalue weighted by Crippen LogP contribution is -2.08. The molecule has 0 aromatic carbocycles. The molecule has 0 radical (unpaired) electrons. The van der Waals surface area contributed by atoms with Gasteiger partial charge in [0.05, 0.1) is 12.8 Å². The van der Waals surface area contributed by atoms with Crippen molar-refractivity contribution in [2.45, 2.75) is 13.8 Å². The average molecular weight is 326 g/mol. The zero-order valence-corrected chi connectivity index (χ0v) is 14.1. The summed E-state index contributed by atoms with van der Waals surface area (Å²) in [6, 6.07) is 1.99. The number of methoxy groups -OCH3 is 1. The second-order valence-electron chi connectivity index (χ2n) is 4.85. The highest BCUT2D eigenvalue weighted by atomic mass is 35.5. The van der Waals surface area contributed by atoms with E-state index in [0.717, 1.165) is 16.8 Å². The van der Waals surface area contributed by atoms with Gasteiger partial charge in [-0.2, -0.15) is 5.10 Å². The fourth-order valence-corrected chi connectivity index (χ4v) is 2.88. The van der Waals surface area contributed by atoms with Crippen LogP contribution in [0.15, 0.2) is 6.07 Å². The Hall–Kier alpha value is -1.66. The number of nitrogens with zero attached hydrogens (tertiary/aromatic N) is 3. The van der Waals surface area contributed by atoms with Gasteiger partial charge in [-0.3, -0.25) is 4.68 Å². The molecule has 21 heavy (non-hydrogen) atoms. The molecule has 0 saturated heterocycles. The van der Waals surface area contributed by atoms with Crippen molar-refractivity contribution in [1.29, 1.82) is 0 Å². The average Bonchev–Trinajstić information content (AvgIpc) is 2.71. The summed E-state index contributed by atoms with van der Waals surface area (Å²) < 4.78 is 8.72. The molecular formula is C14H16ClN3O2S. The first-order valence-corrected chi connectivity index (χ1v) is 7.06. The van der Waals surface area contributed by atoms with E-state index in [1.165, 1.54) is 11.8 Å². The quantitative estimate of drug-likeness (QED) is 0.628. The molecule has 0 bridgehead atoms. The lowest BCUT2D eigenvalue weighted by molar-refractivity contribution is 0.0588. The van der Waals surface area contributed by atoms with Gasteiger partial charge >= 0.3 is 5.97 Å². The molecule has 2 aromatic rings. The number of esters is 1. The largest absolute Gasteiger partial charge is 0.464 e. The van der Waals surface area contributed by atoms with Crippen LogP contribution in [0, 0.1) is 18.5 Å². The van der Waals surface area contributed by atoms with Crippen LogP contribution in [0.1, 0.15) is 21.6 Å². The van der Waals surface area contributed by atoms with E-state index < -0.39 is 5.97 Å². The van der Waals surface area contributed by atoms with E-state index in [0.29, 0.717) is 10.3 Å². The van der Waals surface area contributed by atoms with Gasteiger partial charge in [-0.15, -0.1) is 0 Å².